The normalized spacial score (nSPS) is 10.6. The van der Waals surface area contributed by atoms with Crippen molar-refractivity contribution in [1.29, 1.82) is 0 Å². The van der Waals surface area contributed by atoms with E-state index in [0.29, 0.717) is 26.9 Å². The maximum Gasteiger partial charge on any atom is 0.309 e. The molecule has 0 saturated heterocycles. The number of aliphatic carboxylic acids is 1. The molecular formula is C13H7Cl4NO2. The molecule has 1 N–H and O–H groups in total. The average molecular weight is 351 g/mol. The summed E-state index contributed by atoms with van der Waals surface area (Å²) in [7, 11) is 0. The van der Waals surface area contributed by atoms with Crippen LogP contribution in [0.2, 0.25) is 20.2 Å². The number of rotatable bonds is 3. The van der Waals surface area contributed by atoms with E-state index in [2.05, 4.69) is 4.98 Å². The van der Waals surface area contributed by atoms with Crippen LogP contribution in [0.1, 0.15) is 5.69 Å². The van der Waals surface area contributed by atoms with Crippen molar-refractivity contribution in [2.45, 2.75) is 6.42 Å². The van der Waals surface area contributed by atoms with Gasteiger partial charge in [0.05, 0.1) is 27.2 Å². The molecular weight excluding hydrogens is 344 g/mol. The van der Waals surface area contributed by atoms with E-state index in [1.165, 1.54) is 0 Å². The van der Waals surface area contributed by atoms with E-state index in [1.807, 2.05) is 0 Å². The smallest absolute Gasteiger partial charge is 0.309 e. The molecule has 1 aromatic heterocycles. The molecule has 20 heavy (non-hydrogen) atoms. The Hall–Kier alpha value is -1.000. The van der Waals surface area contributed by atoms with Gasteiger partial charge in [-0.05, 0) is 24.3 Å². The van der Waals surface area contributed by atoms with Crippen molar-refractivity contribution in [2.75, 3.05) is 0 Å². The van der Waals surface area contributed by atoms with Gasteiger partial charge in [-0.3, -0.25) is 4.79 Å². The van der Waals surface area contributed by atoms with Crippen LogP contribution in [-0.4, -0.2) is 16.1 Å². The van der Waals surface area contributed by atoms with Gasteiger partial charge in [-0.1, -0.05) is 46.4 Å². The molecule has 0 unspecified atom stereocenters. The molecule has 2 rings (SSSR count). The number of pyridine rings is 1. The summed E-state index contributed by atoms with van der Waals surface area (Å²) in [5.74, 6) is -0.986. The van der Waals surface area contributed by atoms with Crippen molar-refractivity contribution in [2.24, 2.45) is 0 Å². The van der Waals surface area contributed by atoms with Crippen molar-refractivity contribution in [1.82, 2.24) is 4.98 Å². The number of carbonyl (C=O) groups is 1. The summed E-state index contributed by atoms with van der Waals surface area (Å²) in [5.41, 5.74) is 1.32. The minimum Gasteiger partial charge on any atom is -0.481 e. The zero-order chi connectivity index (χ0) is 14.9. The molecule has 7 heteroatoms. The second kappa shape index (κ2) is 6.19. The molecule has 0 amide bonds. The van der Waals surface area contributed by atoms with Crippen LogP contribution in [0.25, 0.3) is 11.1 Å². The first-order valence-corrected chi connectivity index (χ1v) is 6.92. The molecule has 0 saturated carbocycles. The summed E-state index contributed by atoms with van der Waals surface area (Å²) in [4.78, 5) is 14.7. The number of carboxylic acids is 1. The Morgan fingerprint density at radius 2 is 1.70 bits per heavy atom. The molecule has 0 spiro atoms. The second-order valence-electron chi connectivity index (χ2n) is 3.93. The van der Waals surface area contributed by atoms with Crippen LogP contribution in [-0.2, 0) is 11.2 Å². The highest BCUT2D eigenvalue weighted by molar-refractivity contribution is 6.46. The first-order chi connectivity index (χ1) is 9.40. The molecule has 3 nitrogen and oxygen atoms in total. The van der Waals surface area contributed by atoms with E-state index in [-0.39, 0.29) is 16.6 Å². The second-order valence-corrected chi connectivity index (χ2v) is 5.48. The third-order valence-electron chi connectivity index (χ3n) is 2.55. The van der Waals surface area contributed by atoms with Gasteiger partial charge in [-0.25, -0.2) is 4.98 Å². The lowest BCUT2D eigenvalue weighted by atomic mass is 10.1. The van der Waals surface area contributed by atoms with Crippen LogP contribution in [0.4, 0.5) is 0 Å². The fourth-order valence-electron chi connectivity index (χ4n) is 1.69. The summed E-state index contributed by atoms with van der Waals surface area (Å²) >= 11 is 24.3. The van der Waals surface area contributed by atoms with Crippen LogP contribution in [0, 0.1) is 0 Å². The van der Waals surface area contributed by atoms with Gasteiger partial charge in [-0.15, -0.1) is 0 Å². The van der Waals surface area contributed by atoms with Gasteiger partial charge >= 0.3 is 5.97 Å². The lowest BCUT2D eigenvalue weighted by Crippen LogP contribution is -2.02. The summed E-state index contributed by atoms with van der Waals surface area (Å²) in [6.07, 6.45) is -0.211. The predicted octanol–water partition coefficient (Wildman–Crippen LogP) is 4.99. The van der Waals surface area contributed by atoms with Crippen LogP contribution in [0.15, 0.2) is 24.3 Å². The fourth-order valence-corrected chi connectivity index (χ4v) is 2.68. The molecule has 0 aliphatic carbocycles. The SMILES string of the molecule is O=C(O)Cc1ccc(-c2c(Cl)ccc(Cl)c2Cl)c(Cl)n1. The number of benzene rings is 1. The largest absolute Gasteiger partial charge is 0.481 e. The zero-order valence-electron chi connectivity index (χ0n) is 9.83. The Bertz CT molecular complexity index is 688. The van der Waals surface area contributed by atoms with Crippen molar-refractivity contribution in [3.05, 3.63) is 50.2 Å². The Morgan fingerprint density at radius 1 is 1.05 bits per heavy atom. The maximum atomic E-state index is 10.6. The van der Waals surface area contributed by atoms with E-state index in [0.717, 1.165) is 0 Å². The lowest BCUT2D eigenvalue weighted by Gasteiger charge is -2.10. The quantitative estimate of drug-likeness (QED) is 0.626. The highest BCUT2D eigenvalue weighted by Gasteiger charge is 2.16. The molecule has 1 aromatic carbocycles. The molecule has 0 radical (unpaired) electrons. The van der Waals surface area contributed by atoms with Crippen LogP contribution in [0.3, 0.4) is 0 Å². The standard InChI is InChI=1S/C13H7Cl4NO2/c14-8-3-4-9(15)12(16)11(8)7-2-1-6(5-10(19)20)18-13(7)17/h1-4H,5H2,(H,19,20). The Labute approximate surface area is 135 Å². The van der Waals surface area contributed by atoms with Crippen molar-refractivity contribution < 1.29 is 9.90 Å². The number of halogens is 4. The summed E-state index contributed by atoms with van der Waals surface area (Å²) < 4.78 is 0. The van der Waals surface area contributed by atoms with Crippen LogP contribution >= 0.6 is 46.4 Å². The number of hydrogen-bond donors (Lipinski definition) is 1. The third-order valence-corrected chi connectivity index (χ3v) is 3.96. The van der Waals surface area contributed by atoms with Crippen LogP contribution < -0.4 is 0 Å². The third kappa shape index (κ3) is 3.18. The molecule has 0 atom stereocenters. The summed E-state index contributed by atoms with van der Waals surface area (Å²) in [6, 6.07) is 6.36. The average Bonchev–Trinajstić information content (AvgIpc) is 2.36. The molecule has 0 aliphatic rings. The van der Waals surface area contributed by atoms with Gasteiger partial charge in [-0.2, -0.15) is 0 Å². The summed E-state index contributed by atoms with van der Waals surface area (Å²) in [5, 5.41) is 9.85. The Kier molecular flexibility index (Phi) is 4.76. The first-order valence-electron chi connectivity index (χ1n) is 5.41. The minimum absolute atomic E-state index is 0.120. The molecule has 104 valence electrons. The van der Waals surface area contributed by atoms with E-state index in [9.17, 15) is 4.79 Å². The van der Waals surface area contributed by atoms with E-state index >= 15 is 0 Å². The molecule has 0 aliphatic heterocycles. The van der Waals surface area contributed by atoms with Gasteiger partial charge in [0.15, 0.2) is 0 Å². The predicted molar refractivity (Wildman–Crippen MR) is 81.1 cm³/mol. The zero-order valence-corrected chi connectivity index (χ0v) is 12.9. The van der Waals surface area contributed by atoms with Crippen molar-refractivity contribution >= 4 is 52.4 Å². The van der Waals surface area contributed by atoms with Crippen molar-refractivity contribution in [3.63, 3.8) is 0 Å². The molecule has 0 fully saturated rings. The van der Waals surface area contributed by atoms with Gasteiger partial charge < -0.3 is 5.11 Å². The number of aromatic nitrogens is 1. The van der Waals surface area contributed by atoms with Gasteiger partial charge in [0.1, 0.15) is 5.15 Å². The summed E-state index contributed by atoms with van der Waals surface area (Å²) in [6.45, 7) is 0. The number of hydrogen-bond acceptors (Lipinski definition) is 2. The Balaban J connectivity index is 2.54. The monoisotopic (exact) mass is 349 g/mol. The van der Waals surface area contributed by atoms with E-state index < -0.39 is 5.97 Å². The van der Waals surface area contributed by atoms with Gasteiger partial charge in [0, 0.05) is 11.1 Å². The number of carboxylic acid groups (broad SMARTS) is 1. The maximum absolute atomic E-state index is 10.6. The fraction of sp³-hybridized carbons (Fsp3) is 0.0769. The van der Waals surface area contributed by atoms with Crippen LogP contribution in [0.5, 0.6) is 0 Å². The van der Waals surface area contributed by atoms with E-state index in [4.69, 9.17) is 51.5 Å². The topological polar surface area (TPSA) is 50.2 Å². The van der Waals surface area contributed by atoms with Gasteiger partial charge in [0.25, 0.3) is 0 Å². The Morgan fingerprint density at radius 3 is 2.30 bits per heavy atom. The lowest BCUT2D eigenvalue weighted by molar-refractivity contribution is -0.136. The molecule has 2 aromatic rings. The number of nitrogens with zero attached hydrogens (tertiary/aromatic N) is 1. The van der Waals surface area contributed by atoms with Gasteiger partial charge in [0.2, 0.25) is 0 Å². The highest BCUT2D eigenvalue weighted by Crippen LogP contribution is 2.41. The van der Waals surface area contributed by atoms with Crippen molar-refractivity contribution in [3.8, 4) is 11.1 Å². The molecule has 1 heterocycles. The molecule has 0 bridgehead atoms. The highest BCUT2D eigenvalue weighted by atomic mass is 35.5. The minimum atomic E-state index is -0.986. The van der Waals surface area contributed by atoms with E-state index in [1.54, 1.807) is 24.3 Å². The first kappa shape index (κ1) is 15.4.